The van der Waals surface area contributed by atoms with E-state index in [0.717, 1.165) is 11.6 Å². The molecule has 0 aliphatic rings. The summed E-state index contributed by atoms with van der Waals surface area (Å²) in [5.41, 5.74) is 12.7. The first kappa shape index (κ1) is 13.9. The lowest BCUT2D eigenvalue weighted by Gasteiger charge is -2.11. The Morgan fingerprint density at radius 3 is 2.65 bits per heavy atom. The van der Waals surface area contributed by atoms with Gasteiger partial charge in [0.05, 0.1) is 0 Å². The number of ether oxygens (including phenoxy) is 1. The van der Waals surface area contributed by atoms with E-state index in [1.165, 1.54) is 12.1 Å². The second kappa shape index (κ2) is 5.61. The second-order valence-corrected chi connectivity index (χ2v) is 4.48. The number of hydrogen-bond donors (Lipinski definition) is 2. The normalized spacial score (nSPS) is 10.3. The van der Waals surface area contributed by atoms with Crippen LogP contribution in [-0.4, -0.2) is 5.91 Å². The van der Waals surface area contributed by atoms with Gasteiger partial charge in [-0.3, -0.25) is 4.79 Å². The summed E-state index contributed by atoms with van der Waals surface area (Å²) in [7, 11) is 0. The van der Waals surface area contributed by atoms with Crippen LogP contribution in [0.5, 0.6) is 5.75 Å². The number of anilines is 1. The van der Waals surface area contributed by atoms with Gasteiger partial charge in [0.25, 0.3) is 0 Å². The van der Waals surface area contributed by atoms with Gasteiger partial charge in [-0.2, -0.15) is 0 Å². The summed E-state index contributed by atoms with van der Waals surface area (Å²) in [6, 6.07) is 9.34. The molecule has 0 radical (unpaired) electrons. The number of aryl methyl sites for hydroxylation is 1. The predicted octanol–water partition coefficient (Wildman–Crippen LogP) is 2.39. The Morgan fingerprint density at radius 2 is 2.00 bits per heavy atom. The Labute approximate surface area is 116 Å². The minimum absolute atomic E-state index is 0.0508. The van der Waals surface area contributed by atoms with Crippen LogP contribution in [0.25, 0.3) is 0 Å². The van der Waals surface area contributed by atoms with E-state index in [9.17, 15) is 9.18 Å². The van der Waals surface area contributed by atoms with Crippen molar-refractivity contribution < 1.29 is 13.9 Å². The van der Waals surface area contributed by atoms with Crippen molar-refractivity contribution in [2.45, 2.75) is 13.5 Å². The molecule has 0 saturated heterocycles. The minimum atomic E-state index is -0.664. The topological polar surface area (TPSA) is 78.3 Å². The summed E-state index contributed by atoms with van der Waals surface area (Å²) in [6.45, 7) is 1.93. The van der Waals surface area contributed by atoms with Gasteiger partial charge >= 0.3 is 0 Å². The van der Waals surface area contributed by atoms with Gasteiger partial charge in [0.15, 0.2) is 0 Å². The first-order chi connectivity index (χ1) is 9.47. The third-order valence-electron chi connectivity index (χ3n) is 2.93. The van der Waals surface area contributed by atoms with Crippen molar-refractivity contribution in [2.24, 2.45) is 5.73 Å². The lowest BCUT2D eigenvalue weighted by atomic mass is 10.1. The fraction of sp³-hybridized carbons (Fsp3) is 0.133. The van der Waals surface area contributed by atoms with Gasteiger partial charge < -0.3 is 16.2 Å². The summed E-state index contributed by atoms with van der Waals surface area (Å²) >= 11 is 0. The van der Waals surface area contributed by atoms with Crippen molar-refractivity contribution in [3.8, 4) is 5.75 Å². The average molecular weight is 274 g/mol. The van der Waals surface area contributed by atoms with Crippen molar-refractivity contribution in [3.05, 3.63) is 58.9 Å². The van der Waals surface area contributed by atoms with Gasteiger partial charge in [0, 0.05) is 22.9 Å². The number of nitrogens with two attached hydrogens (primary N) is 2. The minimum Gasteiger partial charge on any atom is -0.488 e. The van der Waals surface area contributed by atoms with Crippen LogP contribution in [0, 0.1) is 12.7 Å². The highest BCUT2D eigenvalue weighted by Crippen LogP contribution is 2.22. The van der Waals surface area contributed by atoms with Crippen LogP contribution >= 0.6 is 0 Å². The van der Waals surface area contributed by atoms with Gasteiger partial charge in [0.2, 0.25) is 5.91 Å². The molecule has 0 fully saturated rings. The number of nitrogen functional groups attached to an aromatic ring is 1. The van der Waals surface area contributed by atoms with E-state index in [2.05, 4.69) is 0 Å². The van der Waals surface area contributed by atoms with E-state index in [1.54, 1.807) is 12.1 Å². The first-order valence-corrected chi connectivity index (χ1v) is 6.04. The number of halogens is 1. The Hall–Kier alpha value is -2.56. The van der Waals surface area contributed by atoms with Gasteiger partial charge in [-0.25, -0.2) is 4.39 Å². The van der Waals surface area contributed by atoms with Gasteiger partial charge in [0.1, 0.15) is 18.2 Å². The lowest BCUT2D eigenvalue weighted by Crippen LogP contribution is -2.12. The maximum atomic E-state index is 13.8. The Balaban J connectivity index is 2.15. The van der Waals surface area contributed by atoms with Gasteiger partial charge in [-0.1, -0.05) is 12.1 Å². The van der Waals surface area contributed by atoms with Crippen molar-refractivity contribution in [1.82, 2.24) is 0 Å². The van der Waals surface area contributed by atoms with Crippen LogP contribution in [0.4, 0.5) is 10.1 Å². The largest absolute Gasteiger partial charge is 0.488 e. The van der Waals surface area contributed by atoms with Crippen LogP contribution < -0.4 is 16.2 Å². The standard InChI is InChI=1S/C15H15FN2O2/c1-9-2-5-12(17)7-14(9)20-8-11-4-3-10(15(18)19)6-13(11)16/h2-7H,8,17H2,1H3,(H2,18,19). The lowest BCUT2D eigenvalue weighted by molar-refractivity contribution is 0.0999. The van der Waals surface area contributed by atoms with Gasteiger partial charge in [-0.15, -0.1) is 0 Å². The molecule has 4 N–H and O–H groups in total. The van der Waals surface area contributed by atoms with Crippen LogP contribution in [0.3, 0.4) is 0 Å². The second-order valence-electron chi connectivity index (χ2n) is 4.48. The monoisotopic (exact) mass is 274 g/mol. The van der Waals surface area contributed by atoms with E-state index >= 15 is 0 Å². The van der Waals surface area contributed by atoms with Crippen LogP contribution in [-0.2, 0) is 6.61 Å². The zero-order valence-corrected chi connectivity index (χ0v) is 11.0. The molecule has 0 aliphatic carbocycles. The zero-order chi connectivity index (χ0) is 14.7. The first-order valence-electron chi connectivity index (χ1n) is 6.04. The van der Waals surface area contributed by atoms with Crippen molar-refractivity contribution >= 4 is 11.6 Å². The molecule has 2 aromatic carbocycles. The SMILES string of the molecule is Cc1ccc(N)cc1OCc1ccc(C(N)=O)cc1F. The molecule has 20 heavy (non-hydrogen) atoms. The van der Waals surface area contributed by atoms with Crippen molar-refractivity contribution in [1.29, 1.82) is 0 Å². The molecule has 5 heteroatoms. The number of rotatable bonds is 4. The number of carbonyl (C=O) groups is 1. The molecule has 4 nitrogen and oxygen atoms in total. The molecule has 0 aliphatic heterocycles. The fourth-order valence-electron chi connectivity index (χ4n) is 1.75. The van der Waals surface area contributed by atoms with E-state index in [-0.39, 0.29) is 12.2 Å². The summed E-state index contributed by atoms with van der Waals surface area (Å²) in [4.78, 5) is 10.9. The number of carbonyl (C=O) groups excluding carboxylic acids is 1. The fourth-order valence-corrected chi connectivity index (χ4v) is 1.75. The molecule has 0 bridgehead atoms. The third-order valence-corrected chi connectivity index (χ3v) is 2.93. The maximum Gasteiger partial charge on any atom is 0.248 e. The van der Waals surface area contributed by atoms with Crippen molar-refractivity contribution in [2.75, 3.05) is 5.73 Å². The molecule has 1 amide bonds. The van der Waals surface area contributed by atoms with E-state index in [0.29, 0.717) is 17.0 Å². The zero-order valence-electron chi connectivity index (χ0n) is 11.0. The molecule has 2 aromatic rings. The molecular formula is C15H15FN2O2. The number of benzene rings is 2. The van der Waals surface area contributed by atoms with Gasteiger partial charge in [-0.05, 0) is 30.7 Å². The summed E-state index contributed by atoms with van der Waals surface area (Å²) in [5, 5.41) is 0. The Kier molecular flexibility index (Phi) is 3.89. The summed E-state index contributed by atoms with van der Waals surface area (Å²) in [5.74, 6) is -0.589. The molecule has 2 rings (SSSR count). The molecule has 0 spiro atoms. The molecule has 0 saturated carbocycles. The predicted molar refractivity (Wildman–Crippen MR) is 74.8 cm³/mol. The maximum absolute atomic E-state index is 13.8. The molecule has 0 atom stereocenters. The highest BCUT2D eigenvalue weighted by Gasteiger charge is 2.08. The molecular weight excluding hydrogens is 259 g/mol. The summed E-state index contributed by atoms with van der Waals surface area (Å²) in [6.07, 6.45) is 0. The van der Waals surface area contributed by atoms with E-state index < -0.39 is 11.7 Å². The average Bonchev–Trinajstić information content (AvgIpc) is 2.40. The number of primary amides is 1. The van der Waals surface area contributed by atoms with Crippen LogP contribution in [0.15, 0.2) is 36.4 Å². The van der Waals surface area contributed by atoms with E-state index in [4.69, 9.17) is 16.2 Å². The van der Waals surface area contributed by atoms with Crippen LogP contribution in [0.1, 0.15) is 21.5 Å². The third kappa shape index (κ3) is 3.06. The highest BCUT2D eigenvalue weighted by atomic mass is 19.1. The summed E-state index contributed by atoms with van der Waals surface area (Å²) < 4.78 is 19.3. The number of amides is 1. The Bertz CT molecular complexity index is 656. The van der Waals surface area contributed by atoms with Crippen LogP contribution in [0.2, 0.25) is 0 Å². The quantitative estimate of drug-likeness (QED) is 0.840. The highest BCUT2D eigenvalue weighted by molar-refractivity contribution is 5.92. The van der Waals surface area contributed by atoms with Crippen molar-refractivity contribution in [3.63, 3.8) is 0 Å². The number of hydrogen-bond acceptors (Lipinski definition) is 3. The molecule has 0 heterocycles. The molecule has 104 valence electrons. The molecule has 0 aromatic heterocycles. The van der Waals surface area contributed by atoms with E-state index in [1.807, 2.05) is 13.0 Å². The molecule has 0 unspecified atom stereocenters. The smallest absolute Gasteiger partial charge is 0.248 e. The Morgan fingerprint density at radius 1 is 1.25 bits per heavy atom.